The Bertz CT molecular complexity index is 209. The van der Waals surface area contributed by atoms with Gasteiger partial charge in [0.1, 0.15) is 0 Å². The van der Waals surface area contributed by atoms with Crippen LogP contribution in [-0.2, 0) is 4.74 Å². The van der Waals surface area contributed by atoms with E-state index in [9.17, 15) is 5.11 Å². The SMILES string of the molecule is CCC(N)(CO)CCCN1CC(C)OC(C)C1. The third-order valence-electron chi connectivity index (χ3n) is 3.66. The van der Waals surface area contributed by atoms with Crippen LogP contribution >= 0.6 is 0 Å². The number of morpholine rings is 1. The lowest BCUT2D eigenvalue weighted by Gasteiger charge is -2.36. The molecule has 1 fully saturated rings. The standard InChI is InChI=1S/C13H28N2O2/c1-4-13(14,10-16)6-5-7-15-8-11(2)17-12(3)9-15/h11-12,16H,4-10,14H2,1-3H3. The van der Waals surface area contributed by atoms with Crippen molar-refractivity contribution in [2.45, 2.75) is 57.8 Å². The number of ether oxygens (including phenoxy) is 1. The maximum atomic E-state index is 9.25. The molecule has 1 aliphatic heterocycles. The third-order valence-corrected chi connectivity index (χ3v) is 3.66. The largest absolute Gasteiger partial charge is 0.394 e. The lowest BCUT2D eigenvalue weighted by Crippen LogP contribution is -2.47. The molecule has 0 aromatic carbocycles. The van der Waals surface area contributed by atoms with Gasteiger partial charge in [0, 0.05) is 18.6 Å². The second-order valence-corrected chi connectivity index (χ2v) is 5.49. The van der Waals surface area contributed by atoms with Crippen LogP contribution in [0.4, 0.5) is 0 Å². The van der Waals surface area contributed by atoms with E-state index in [-0.39, 0.29) is 12.1 Å². The molecule has 0 spiro atoms. The fourth-order valence-electron chi connectivity index (χ4n) is 2.49. The predicted octanol–water partition coefficient (Wildman–Crippen LogP) is 0.976. The predicted molar refractivity (Wildman–Crippen MR) is 70.0 cm³/mol. The van der Waals surface area contributed by atoms with Gasteiger partial charge in [0.25, 0.3) is 0 Å². The Balaban J connectivity index is 2.26. The van der Waals surface area contributed by atoms with Crippen molar-refractivity contribution in [2.24, 2.45) is 5.73 Å². The molecular formula is C13H28N2O2. The van der Waals surface area contributed by atoms with Crippen LogP contribution in [0.25, 0.3) is 0 Å². The maximum Gasteiger partial charge on any atom is 0.0678 e. The Morgan fingerprint density at radius 2 is 1.94 bits per heavy atom. The van der Waals surface area contributed by atoms with Crippen LogP contribution in [0.1, 0.15) is 40.0 Å². The Hall–Kier alpha value is -0.160. The zero-order valence-electron chi connectivity index (χ0n) is 11.5. The van der Waals surface area contributed by atoms with Gasteiger partial charge in [-0.1, -0.05) is 6.92 Å². The van der Waals surface area contributed by atoms with Gasteiger partial charge in [-0.05, 0) is 39.7 Å². The molecule has 4 heteroatoms. The summed E-state index contributed by atoms with van der Waals surface area (Å²) in [6.07, 6.45) is 3.42. The molecule has 0 bridgehead atoms. The minimum Gasteiger partial charge on any atom is -0.394 e. The van der Waals surface area contributed by atoms with Crippen molar-refractivity contribution in [3.05, 3.63) is 0 Å². The molecule has 0 saturated carbocycles. The fourth-order valence-corrected chi connectivity index (χ4v) is 2.49. The van der Waals surface area contributed by atoms with Gasteiger partial charge in [0.05, 0.1) is 18.8 Å². The Kier molecular flexibility index (Phi) is 5.86. The van der Waals surface area contributed by atoms with Crippen LogP contribution in [0, 0.1) is 0 Å². The summed E-state index contributed by atoms with van der Waals surface area (Å²) in [5.41, 5.74) is 5.69. The lowest BCUT2D eigenvalue weighted by atomic mass is 9.92. The average molecular weight is 244 g/mol. The average Bonchev–Trinajstić information content (AvgIpc) is 2.27. The summed E-state index contributed by atoms with van der Waals surface area (Å²) < 4.78 is 5.70. The molecule has 0 aromatic heterocycles. The Morgan fingerprint density at radius 3 is 2.41 bits per heavy atom. The third kappa shape index (κ3) is 4.92. The Labute approximate surface area is 105 Å². The van der Waals surface area contributed by atoms with Gasteiger partial charge in [-0.3, -0.25) is 4.90 Å². The van der Waals surface area contributed by atoms with Crippen molar-refractivity contribution in [1.82, 2.24) is 4.90 Å². The number of aliphatic hydroxyl groups excluding tert-OH is 1. The summed E-state index contributed by atoms with van der Waals surface area (Å²) >= 11 is 0. The summed E-state index contributed by atoms with van der Waals surface area (Å²) in [5.74, 6) is 0. The highest BCUT2D eigenvalue weighted by Crippen LogP contribution is 2.16. The monoisotopic (exact) mass is 244 g/mol. The fraction of sp³-hybridized carbons (Fsp3) is 1.00. The molecule has 1 rings (SSSR count). The zero-order chi connectivity index (χ0) is 12.9. The normalized spacial score (nSPS) is 30.2. The molecule has 0 amide bonds. The molecule has 17 heavy (non-hydrogen) atoms. The summed E-state index contributed by atoms with van der Waals surface area (Å²) in [7, 11) is 0. The van der Waals surface area contributed by atoms with Crippen molar-refractivity contribution in [3.8, 4) is 0 Å². The quantitative estimate of drug-likeness (QED) is 0.731. The number of hydrogen-bond donors (Lipinski definition) is 2. The van der Waals surface area contributed by atoms with Gasteiger partial charge < -0.3 is 15.6 Å². The van der Waals surface area contributed by atoms with E-state index >= 15 is 0 Å². The smallest absolute Gasteiger partial charge is 0.0678 e. The van der Waals surface area contributed by atoms with E-state index in [0.29, 0.717) is 12.2 Å². The van der Waals surface area contributed by atoms with Crippen molar-refractivity contribution in [3.63, 3.8) is 0 Å². The highest BCUT2D eigenvalue weighted by molar-refractivity contribution is 4.82. The van der Waals surface area contributed by atoms with Crippen molar-refractivity contribution >= 4 is 0 Å². The molecule has 3 N–H and O–H groups in total. The summed E-state index contributed by atoms with van der Waals surface area (Å²) in [6.45, 7) is 9.43. The van der Waals surface area contributed by atoms with Crippen LogP contribution < -0.4 is 5.73 Å². The van der Waals surface area contributed by atoms with E-state index in [1.807, 2.05) is 6.92 Å². The van der Waals surface area contributed by atoms with Gasteiger partial charge >= 0.3 is 0 Å². The van der Waals surface area contributed by atoms with Crippen LogP contribution in [-0.4, -0.2) is 54.0 Å². The maximum absolute atomic E-state index is 9.25. The molecule has 1 aliphatic rings. The first kappa shape index (κ1) is 14.9. The van der Waals surface area contributed by atoms with Crippen LogP contribution in [0.15, 0.2) is 0 Å². The lowest BCUT2D eigenvalue weighted by molar-refractivity contribution is -0.0685. The van der Waals surface area contributed by atoms with Gasteiger partial charge in [0.2, 0.25) is 0 Å². The van der Waals surface area contributed by atoms with Crippen LogP contribution in [0.2, 0.25) is 0 Å². The van der Waals surface area contributed by atoms with Crippen LogP contribution in [0.3, 0.4) is 0 Å². The van der Waals surface area contributed by atoms with Gasteiger partial charge in [0.15, 0.2) is 0 Å². The van der Waals surface area contributed by atoms with Gasteiger partial charge in [-0.25, -0.2) is 0 Å². The molecule has 0 aliphatic carbocycles. The summed E-state index contributed by atoms with van der Waals surface area (Å²) in [5, 5.41) is 9.25. The first-order valence-corrected chi connectivity index (χ1v) is 6.76. The second-order valence-electron chi connectivity index (χ2n) is 5.49. The molecule has 1 heterocycles. The number of rotatable bonds is 6. The molecule has 3 atom stereocenters. The van der Waals surface area contributed by atoms with Crippen molar-refractivity contribution in [2.75, 3.05) is 26.2 Å². The topological polar surface area (TPSA) is 58.7 Å². The van der Waals surface area contributed by atoms with Crippen molar-refractivity contribution < 1.29 is 9.84 Å². The molecule has 102 valence electrons. The minimum atomic E-state index is -0.385. The number of aliphatic hydroxyl groups is 1. The summed E-state index contributed by atoms with van der Waals surface area (Å²) in [6, 6.07) is 0. The first-order valence-electron chi connectivity index (χ1n) is 6.76. The number of nitrogens with two attached hydrogens (primary N) is 1. The zero-order valence-corrected chi connectivity index (χ0v) is 11.5. The molecular weight excluding hydrogens is 216 g/mol. The van der Waals surface area contributed by atoms with E-state index in [1.165, 1.54) is 0 Å². The van der Waals surface area contributed by atoms with Crippen LogP contribution in [0.5, 0.6) is 0 Å². The molecule has 0 radical (unpaired) electrons. The van der Waals surface area contributed by atoms with Gasteiger partial charge in [-0.15, -0.1) is 0 Å². The Morgan fingerprint density at radius 1 is 1.35 bits per heavy atom. The highest BCUT2D eigenvalue weighted by atomic mass is 16.5. The first-order chi connectivity index (χ1) is 7.99. The number of nitrogens with zero attached hydrogens (tertiary/aromatic N) is 1. The highest BCUT2D eigenvalue weighted by Gasteiger charge is 2.24. The molecule has 4 nitrogen and oxygen atoms in total. The minimum absolute atomic E-state index is 0.0828. The van der Waals surface area contributed by atoms with E-state index in [4.69, 9.17) is 10.5 Å². The number of hydrogen-bond acceptors (Lipinski definition) is 4. The summed E-state index contributed by atoms with van der Waals surface area (Å²) in [4.78, 5) is 2.44. The van der Waals surface area contributed by atoms with Crippen molar-refractivity contribution in [1.29, 1.82) is 0 Å². The molecule has 1 saturated heterocycles. The molecule has 3 unspecified atom stereocenters. The van der Waals surface area contributed by atoms with Gasteiger partial charge in [-0.2, -0.15) is 0 Å². The van der Waals surface area contributed by atoms with E-state index in [0.717, 1.165) is 38.9 Å². The van der Waals surface area contributed by atoms with E-state index in [1.54, 1.807) is 0 Å². The van der Waals surface area contributed by atoms with E-state index in [2.05, 4.69) is 18.7 Å². The second kappa shape index (κ2) is 6.69. The molecule has 0 aromatic rings. The van der Waals surface area contributed by atoms with E-state index < -0.39 is 0 Å².